The van der Waals surface area contributed by atoms with E-state index in [2.05, 4.69) is 21.2 Å². The monoisotopic (exact) mass is 471 g/mol. The van der Waals surface area contributed by atoms with Crippen molar-refractivity contribution in [2.45, 2.75) is 18.6 Å². The summed E-state index contributed by atoms with van der Waals surface area (Å²) in [7, 11) is 1.59. The van der Waals surface area contributed by atoms with E-state index in [0.29, 0.717) is 23.5 Å². The van der Waals surface area contributed by atoms with E-state index >= 15 is 0 Å². The minimum atomic E-state index is -1.28. The van der Waals surface area contributed by atoms with E-state index in [9.17, 15) is 9.70 Å². The van der Waals surface area contributed by atoms with Gasteiger partial charge in [-0.1, -0.05) is 40.2 Å². The fourth-order valence-electron chi connectivity index (χ4n) is 3.87. The molecule has 4 rings (SSSR count). The maximum absolute atomic E-state index is 13.3. The zero-order valence-corrected chi connectivity index (χ0v) is 17.8. The van der Waals surface area contributed by atoms with Crippen LogP contribution in [0.4, 0.5) is 4.79 Å². The van der Waals surface area contributed by atoms with Crippen molar-refractivity contribution in [3.63, 3.8) is 0 Å². The van der Waals surface area contributed by atoms with Crippen LogP contribution in [0, 0.1) is 4.91 Å². The first kappa shape index (κ1) is 20.2. The number of rotatable bonds is 4. The molecule has 154 valence electrons. The van der Waals surface area contributed by atoms with Crippen LogP contribution in [0.5, 0.6) is 11.5 Å². The Hall–Kier alpha value is -3.13. The summed E-state index contributed by atoms with van der Waals surface area (Å²) < 4.78 is 13.1. The van der Waals surface area contributed by atoms with Crippen molar-refractivity contribution in [2.75, 3.05) is 13.7 Å². The summed E-state index contributed by atoms with van der Waals surface area (Å²) in [6.45, 7) is -0.0804. The summed E-state index contributed by atoms with van der Waals surface area (Å²) in [5.74, 6) is 1.24. The van der Waals surface area contributed by atoms with Gasteiger partial charge in [-0.25, -0.2) is 4.79 Å². The lowest BCUT2D eigenvalue weighted by Gasteiger charge is -2.16. The highest BCUT2D eigenvalue weighted by molar-refractivity contribution is 9.10. The molecule has 2 unspecified atom stereocenters. The van der Waals surface area contributed by atoms with E-state index in [-0.39, 0.29) is 6.61 Å². The highest BCUT2D eigenvalue weighted by atomic mass is 79.9. The van der Waals surface area contributed by atoms with E-state index in [1.165, 1.54) is 0 Å². The molecular formula is C22H20BrN2O5+. The number of methoxy groups -OCH3 is 1. The number of para-hydroxylation sites is 1. The third-order valence-electron chi connectivity index (χ3n) is 5.25. The number of nitroso groups, excluding NO2 is 1. The van der Waals surface area contributed by atoms with E-state index in [1.807, 2.05) is 48.5 Å². The number of fused-ring (bicyclic) bond motifs is 2. The number of nitrogens with one attached hydrogen (secondary N) is 1. The second kappa shape index (κ2) is 8.31. The van der Waals surface area contributed by atoms with Crippen LogP contribution in [0.25, 0.3) is 10.8 Å². The van der Waals surface area contributed by atoms with Gasteiger partial charge in [-0.15, -0.1) is 0 Å². The molecule has 3 aromatic carbocycles. The van der Waals surface area contributed by atoms with Crippen molar-refractivity contribution in [1.29, 1.82) is 0 Å². The summed E-state index contributed by atoms with van der Waals surface area (Å²) in [6.07, 6.45) is -1.99. The van der Waals surface area contributed by atoms with Gasteiger partial charge in [0.2, 0.25) is 6.04 Å². The Morgan fingerprint density at radius 3 is 2.83 bits per heavy atom. The Bertz CT molecular complexity index is 1130. The lowest BCUT2D eigenvalue weighted by Crippen LogP contribution is -2.46. The summed E-state index contributed by atoms with van der Waals surface area (Å²) in [5, 5.41) is 13.4. The Labute approximate surface area is 181 Å². The van der Waals surface area contributed by atoms with Crippen molar-refractivity contribution >= 4 is 32.8 Å². The molecule has 0 saturated carbocycles. The maximum atomic E-state index is 13.3. The summed E-state index contributed by atoms with van der Waals surface area (Å²) in [5.41, 5.74) is 1.58. The predicted molar refractivity (Wildman–Crippen MR) is 115 cm³/mol. The van der Waals surface area contributed by atoms with Gasteiger partial charge in [-0.05, 0) is 41.1 Å². The van der Waals surface area contributed by atoms with Crippen LogP contribution in [0.1, 0.15) is 17.2 Å². The van der Waals surface area contributed by atoms with Gasteiger partial charge in [0.25, 0.3) is 0 Å². The number of halogens is 1. The first-order chi connectivity index (χ1) is 14.5. The number of hydrogen-bond donors (Lipinski definition) is 2. The number of carboxylic acid groups (broad SMARTS) is 1. The largest absolute Gasteiger partial charge is 0.496 e. The SMILES string of the molecule is COc1ccc2cc(Br)ccc2c1CC1c2ccccc2OCC(NC(=O)O)[N+]1=O. The molecule has 30 heavy (non-hydrogen) atoms. The number of carbonyl (C=O) groups is 1. The summed E-state index contributed by atoms with van der Waals surface area (Å²) >= 11 is 3.49. The third kappa shape index (κ3) is 3.82. The van der Waals surface area contributed by atoms with Crippen LogP contribution in [-0.2, 0) is 6.42 Å². The molecule has 1 aliphatic rings. The van der Waals surface area contributed by atoms with Crippen LogP contribution in [-0.4, -0.2) is 35.8 Å². The molecule has 8 heteroatoms. The van der Waals surface area contributed by atoms with Crippen LogP contribution in [0.2, 0.25) is 0 Å². The van der Waals surface area contributed by atoms with Crippen molar-refractivity contribution in [2.24, 2.45) is 0 Å². The van der Waals surface area contributed by atoms with Gasteiger partial charge >= 0.3 is 12.3 Å². The van der Waals surface area contributed by atoms with Crippen molar-refractivity contribution in [1.82, 2.24) is 5.32 Å². The second-order valence-electron chi connectivity index (χ2n) is 7.01. The lowest BCUT2D eigenvalue weighted by molar-refractivity contribution is -0.629. The lowest BCUT2D eigenvalue weighted by atomic mass is 9.93. The van der Waals surface area contributed by atoms with Gasteiger partial charge < -0.3 is 14.6 Å². The number of nitrogens with zero attached hydrogens (tertiary/aromatic N) is 1. The van der Waals surface area contributed by atoms with Gasteiger partial charge in [0.05, 0.1) is 12.7 Å². The van der Waals surface area contributed by atoms with E-state index in [4.69, 9.17) is 14.6 Å². The molecule has 2 atom stereocenters. The molecule has 0 radical (unpaired) electrons. The molecule has 1 amide bonds. The summed E-state index contributed by atoms with van der Waals surface area (Å²) in [6, 6.07) is 16.4. The minimum absolute atomic E-state index is 0.0804. The Balaban J connectivity index is 1.83. The van der Waals surface area contributed by atoms with Gasteiger partial charge in [-0.3, -0.25) is 5.32 Å². The minimum Gasteiger partial charge on any atom is -0.496 e. The van der Waals surface area contributed by atoms with E-state index in [0.717, 1.165) is 25.6 Å². The van der Waals surface area contributed by atoms with Crippen LogP contribution in [0.15, 0.2) is 59.1 Å². The number of hydrogen-bond acceptors (Lipinski definition) is 4. The van der Waals surface area contributed by atoms with Gasteiger partial charge in [-0.2, -0.15) is 0 Å². The fourth-order valence-corrected chi connectivity index (χ4v) is 4.25. The van der Waals surface area contributed by atoms with Gasteiger partial charge in [0.15, 0.2) is 6.61 Å². The highest BCUT2D eigenvalue weighted by Gasteiger charge is 2.42. The average molecular weight is 472 g/mol. The number of ether oxygens (including phenoxy) is 2. The molecule has 7 nitrogen and oxygen atoms in total. The second-order valence-corrected chi connectivity index (χ2v) is 7.92. The molecule has 2 N–H and O–H groups in total. The molecule has 0 bridgehead atoms. The van der Waals surface area contributed by atoms with Crippen molar-refractivity contribution < 1.29 is 24.1 Å². The number of amides is 1. The molecule has 1 heterocycles. The zero-order chi connectivity index (χ0) is 21.3. The van der Waals surface area contributed by atoms with Crippen molar-refractivity contribution in [3.05, 3.63) is 75.1 Å². The summed E-state index contributed by atoms with van der Waals surface area (Å²) in [4.78, 5) is 24.5. The normalized spacial score (nSPS) is 18.3. The molecule has 1 aliphatic heterocycles. The third-order valence-corrected chi connectivity index (χ3v) is 5.74. The predicted octanol–water partition coefficient (Wildman–Crippen LogP) is 4.66. The molecule has 0 spiro atoms. The maximum Gasteiger partial charge on any atom is 0.409 e. The van der Waals surface area contributed by atoms with Crippen LogP contribution >= 0.6 is 15.9 Å². The van der Waals surface area contributed by atoms with Crippen LogP contribution in [0.3, 0.4) is 0 Å². The molecule has 0 aliphatic carbocycles. The number of benzene rings is 3. The molecular weight excluding hydrogens is 452 g/mol. The van der Waals surface area contributed by atoms with Gasteiger partial charge in [0.1, 0.15) is 11.5 Å². The first-order valence-electron chi connectivity index (χ1n) is 9.39. The van der Waals surface area contributed by atoms with Crippen molar-refractivity contribution in [3.8, 4) is 11.5 Å². The van der Waals surface area contributed by atoms with Crippen LogP contribution < -0.4 is 14.8 Å². The quantitative estimate of drug-likeness (QED) is 0.540. The smallest absolute Gasteiger partial charge is 0.409 e. The Morgan fingerprint density at radius 2 is 2.07 bits per heavy atom. The Kier molecular flexibility index (Phi) is 5.59. The standard InChI is InChI=1S/C22H19BrN2O5/c1-29-19-9-6-13-10-14(23)7-8-15(13)17(19)11-18-16-4-2-3-5-20(16)30-12-21(25(18)28)24-22(26)27/h2-10,18,21,24H,11-12H2,1H3/p+1. The van der Waals surface area contributed by atoms with Gasteiger partial charge in [0, 0.05) is 26.1 Å². The molecule has 0 aromatic heterocycles. The molecule has 0 fully saturated rings. The first-order valence-corrected chi connectivity index (χ1v) is 10.2. The van der Waals surface area contributed by atoms with E-state index < -0.39 is 18.3 Å². The zero-order valence-electron chi connectivity index (χ0n) is 16.2. The topological polar surface area (TPSA) is 87.9 Å². The highest BCUT2D eigenvalue weighted by Crippen LogP contribution is 2.38. The average Bonchev–Trinajstić information content (AvgIpc) is 2.85. The Morgan fingerprint density at radius 1 is 1.27 bits per heavy atom. The van der Waals surface area contributed by atoms with E-state index in [1.54, 1.807) is 13.2 Å². The fraction of sp³-hybridized carbons (Fsp3) is 0.227. The molecule has 0 saturated heterocycles. The molecule has 3 aromatic rings.